The van der Waals surface area contributed by atoms with E-state index in [9.17, 15) is 4.79 Å². The van der Waals surface area contributed by atoms with Crippen molar-refractivity contribution in [1.29, 1.82) is 0 Å². The van der Waals surface area contributed by atoms with Crippen LogP contribution >= 0.6 is 0 Å². The summed E-state index contributed by atoms with van der Waals surface area (Å²) >= 11 is 0. The van der Waals surface area contributed by atoms with Crippen LogP contribution in [0.15, 0.2) is 42.5 Å². The minimum Gasteiger partial charge on any atom is -0.497 e. The van der Waals surface area contributed by atoms with Gasteiger partial charge in [-0.25, -0.2) is 0 Å². The van der Waals surface area contributed by atoms with Crippen LogP contribution in [0.4, 0.5) is 5.69 Å². The van der Waals surface area contributed by atoms with Gasteiger partial charge in [0.25, 0.3) is 0 Å². The average Bonchev–Trinajstić information content (AvgIpc) is 2.63. The van der Waals surface area contributed by atoms with Gasteiger partial charge in [-0.2, -0.15) is 0 Å². The summed E-state index contributed by atoms with van der Waals surface area (Å²) in [6.45, 7) is 3.40. The number of rotatable bonds is 9. The molecule has 1 amide bonds. The van der Waals surface area contributed by atoms with Gasteiger partial charge in [-0.05, 0) is 44.3 Å². The van der Waals surface area contributed by atoms with Crippen LogP contribution in [0.25, 0.3) is 0 Å². The predicted octanol–water partition coefficient (Wildman–Crippen LogP) is 3.17. The molecule has 0 heterocycles. The zero-order chi connectivity index (χ0) is 18.9. The fourth-order valence-electron chi connectivity index (χ4n) is 2.58. The van der Waals surface area contributed by atoms with Crippen molar-refractivity contribution in [1.82, 2.24) is 4.90 Å². The lowest BCUT2D eigenvalue weighted by Crippen LogP contribution is -2.29. The lowest BCUT2D eigenvalue weighted by molar-refractivity contribution is -0.117. The lowest BCUT2D eigenvalue weighted by atomic mass is 10.2. The number of benzene rings is 2. The summed E-state index contributed by atoms with van der Waals surface area (Å²) in [5, 5.41) is 2.89. The number of hydrogen-bond donors (Lipinski definition) is 1. The van der Waals surface area contributed by atoms with E-state index >= 15 is 0 Å². The first-order chi connectivity index (χ1) is 12.5. The van der Waals surface area contributed by atoms with Crippen molar-refractivity contribution >= 4 is 11.6 Å². The van der Waals surface area contributed by atoms with Crippen molar-refractivity contribution in [3.05, 3.63) is 48.0 Å². The lowest BCUT2D eigenvalue weighted by Gasteiger charge is -2.18. The minimum absolute atomic E-state index is 0.0795. The molecule has 2 aromatic rings. The molecule has 0 atom stereocenters. The van der Waals surface area contributed by atoms with Gasteiger partial charge < -0.3 is 19.5 Å². The maximum absolute atomic E-state index is 12.2. The first kappa shape index (κ1) is 19.6. The number of amides is 1. The molecular formula is C20H26N2O4. The molecule has 0 unspecified atom stereocenters. The van der Waals surface area contributed by atoms with E-state index in [1.165, 1.54) is 0 Å². The molecule has 0 fully saturated rings. The Bertz CT molecular complexity index is 716. The molecule has 0 bridgehead atoms. The van der Waals surface area contributed by atoms with Crippen molar-refractivity contribution in [2.75, 3.05) is 39.7 Å². The highest BCUT2D eigenvalue weighted by Gasteiger charge is 2.11. The standard InChI is InChI=1S/C20H26N2O4/c1-5-26-17-10-7-16(8-11-17)21-20(23)14-22(2)13-15-6-9-18(24-3)12-19(15)25-4/h6-12H,5,13-14H2,1-4H3,(H,21,23). The van der Waals surface area contributed by atoms with Gasteiger partial charge in [0.05, 0.1) is 27.4 Å². The van der Waals surface area contributed by atoms with Crippen molar-refractivity contribution < 1.29 is 19.0 Å². The van der Waals surface area contributed by atoms with Crippen molar-refractivity contribution in [3.63, 3.8) is 0 Å². The fourth-order valence-corrected chi connectivity index (χ4v) is 2.58. The van der Waals surface area contributed by atoms with Gasteiger partial charge >= 0.3 is 0 Å². The Morgan fingerprint density at radius 3 is 2.35 bits per heavy atom. The maximum atomic E-state index is 12.2. The number of methoxy groups -OCH3 is 2. The summed E-state index contributed by atoms with van der Waals surface area (Å²) in [7, 11) is 5.13. The Kier molecular flexibility index (Phi) is 7.29. The Hall–Kier alpha value is -2.73. The van der Waals surface area contributed by atoms with Gasteiger partial charge in [-0.1, -0.05) is 6.07 Å². The number of anilines is 1. The Morgan fingerprint density at radius 2 is 1.73 bits per heavy atom. The topological polar surface area (TPSA) is 60.0 Å². The van der Waals surface area contributed by atoms with Gasteiger partial charge in [0, 0.05) is 23.9 Å². The molecule has 140 valence electrons. The molecule has 6 nitrogen and oxygen atoms in total. The molecule has 2 aromatic carbocycles. The Balaban J connectivity index is 1.90. The third-order valence-electron chi connectivity index (χ3n) is 3.80. The first-order valence-electron chi connectivity index (χ1n) is 8.47. The molecule has 0 aliphatic carbocycles. The van der Waals surface area contributed by atoms with E-state index in [4.69, 9.17) is 14.2 Å². The molecule has 1 N–H and O–H groups in total. The van der Waals surface area contributed by atoms with Gasteiger partial charge in [-0.3, -0.25) is 9.69 Å². The summed E-state index contributed by atoms with van der Waals surface area (Å²) in [5.41, 5.74) is 1.73. The minimum atomic E-state index is -0.0795. The number of ether oxygens (including phenoxy) is 3. The van der Waals surface area contributed by atoms with Gasteiger partial charge in [-0.15, -0.1) is 0 Å². The largest absolute Gasteiger partial charge is 0.497 e. The molecular weight excluding hydrogens is 332 g/mol. The van der Waals surface area contributed by atoms with Crippen LogP contribution < -0.4 is 19.5 Å². The van der Waals surface area contributed by atoms with Crippen LogP contribution in [-0.4, -0.2) is 45.2 Å². The SMILES string of the molecule is CCOc1ccc(NC(=O)CN(C)Cc2ccc(OC)cc2OC)cc1. The summed E-state index contributed by atoms with van der Waals surface area (Å²) in [5.74, 6) is 2.18. The first-order valence-corrected chi connectivity index (χ1v) is 8.47. The smallest absolute Gasteiger partial charge is 0.238 e. The van der Waals surface area contributed by atoms with E-state index in [-0.39, 0.29) is 12.5 Å². The van der Waals surface area contributed by atoms with E-state index in [1.807, 2.05) is 61.3 Å². The third-order valence-corrected chi connectivity index (χ3v) is 3.80. The molecule has 0 saturated heterocycles. The van der Waals surface area contributed by atoms with Crippen LogP contribution in [0, 0.1) is 0 Å². The number of nitrogens with zero attached hydrogens (tertiary/aromatic N) is 1. The third kappa shape index (κ3) is 5.67. The normalized spacial score (nSPS) is 10.5. The van der Waals surface area contributed by atoms with Crippen LogP contribution in [0.2, 0.25) is 0 Å². The van der Waals surface area contributed by atoms with E-state index in [2.05, 4.69) is 5.32 Å². The Labute approximate surface area is 154 Å². The van der Waals surface area contributed by atoms with E-state index in [0.717, 1.165) is 28.5 Å². The summed E-state index contributed by atoms with van der Waals surface area (Å²) in [4.78, 5) is 14.2. The highest BCUT2D eigenvalue weighted by atomic mass is 16.5. The van der Waals surface area contributed by atoms with Crippen LogP contribution in [0.3, 0.4) is 0 Å². The molecule has 0 radical (unpaired) electrons. The molecule has 0 saturated carbocycles. The molecule has 6 heteroatoms. The fraction of sp³-hybridized carbons (Fsp3) is 0.350. The number of hydrogen-bond acceptors (Lipinski definition) is 5. The van der Waals surface area contributed by atoms with Crippen LogP contribution in [-0.2, 0) is 11.3 Å². The molecule has 0 spiro atoms. The summed E-state index contributed by atoms with van der Waals surface area (Å²) < 4.78 is 16.0. The second-order valence-electron chi connectivity index (χ2n) is 5.86. The zero-order valence-corrected chi connectivity index (χ0v) is 15.7. The average molecular weight is 358 g/mol. The molecule has 26 heavy (non-hydrogen) atoms. The van der Waals surface area contributed by atoms with Crippen molar-refractivity contribution in [2.45, 2.75) is 13.5 Å². The number of likely N-dealkylation sites (N-methyl/N-ethyl adjacent to an activating group) is 1. The molecule has 0 aliphatic rings. The van der Waals surface area contributed by atoms with Gasteiger partial charge in [0.1, 0.15) is 17.2 Å². The van der Waals surface area contributed by atoms with Gasteiger partial charge in [0.15, 0.2) is 0 Å². The summed E-state index contributed by atoms with van der Waals surface area (Å²) in [6.07, 6.45) is 0. The second-order valence-corrected chi connectivity index (χ2v) is 5.86. The second kappa shape index (κ2) is 9.68. The van der Waals surface area contributed by atoms with Gasteiger partial charge in [0.2, 0.25) is 5.91 Å². The highest BCUT2D eigenvalue weighted by molar-refractivity contribution is 5.92. The molecule has 0 aliphatic heterocycles. The van der Waals surface area contributed by atoms with Crippen LogP contribution in [0.1, 0.15) is 12.5 Å². The van der Waals surface area contributed by atoms with E-state index in [0.29, 0.717) is 13.2 Å². The molecule has 0 aromatic heterocycles. The predicted molar refractivity (Wildman–Crippen MR) is 102 cm³/mol. The number of carbonyl (C=O) groups is 1. The number of carbonyl (C=O) groups excluding carboxylic acids is 1. The Morgan fingerprint density at radius 1 is 1.04 bits per heavy atom. The van der Waals surface area contributed by atoms with E-state index in [1.54, 1.807) is 14.2 Å². The summed E-state index contributed by atoms with van der Waals surface area (Å²) in [6, 6.07) is 13.0. The quantitative estimate of drug-likeness (QED) is 0.746. The van der Waals surface area contributed by atoms with Crippen molar-refractivity contribution in [3.8, 4) is 17.2 Å². The molecule has 2 rings (SSSR count). The van der Waals surface area contributed by atoms with Crippen LogP contribution in [0.5, 0.6) is 17.2 Å². The van der Waals surface area contributed by atoms with E-state index < -0.39 is 0 Å². The highest BCUT2D eigenvalue weighted by Crippen LogP contribution is 2.25. The zero-order valence-electron chi connectivity index (χ0n) is 15.7. The maximum Gasteiger partial charge on any atom is 0.238 e. The number of nitrogens with one attached hydrogen (secondary N) is 1. The monoisotopic (exact) mass is 358 g/mol. The van der Waals surface area contributed by atoms with Crippen molar-refractivity contribution in [2.24, 2.45) is 0 Å².